The second-order valence-corrected chi connectivity index (χ2v) is 3.43. The first-order valence-electron chi connectivity index (χ1n) is 5.04. The van der Waals surface area contributed by atoms with E-state index in [1.54, 1.807) is 0 Å². The molecule has 0 unspecified atom stereocenters. The van der Waals surface area contributed by atoms with E-state index in [0.717, 1.165) is 38.2 Å². The van der Waals surface area contributed by atoms with E-state index in [1.807, 2.05) is 0 Å². The molecule has 0 radical (unpaired) electrons. The molecule has 0 spiro atoms. The van der Waals surface area contributed by atoms with E-state index in [-0.39, 0.29) is 5.97 Å². The number of alkyl halides is 1. The zero-order valence-corrected chi connectivity index (χ0v) is 9.52. The van der Waals surface area contributed by atoms with Crippen LogP contribution in [0.25, 0.3) is 0 Å². The van der Waals surface area contributed by atoms with Crippen molar-refractivity contribution in [3.8, 4) is 0 Å². The van der Waals surface area contributed by atoms with Crippen molar-refractivity contribution in [2.45, 2.75) is 32.6 Å². The summed E-state index contributed by atoms with van der Waals surface area (Å²) in [6, 6.07) is 0. The van der Waals surface area contributed by atoms with Crippen molar-refractivity contribution >= 4 is 17.6 Å². The number of carbonyl (C=O) groups is 1. The van der Waals surface area contributed by atoms with E-state index in [0.29, 0.717) is 13.2 Å². The number of ether oxygens (including phenoxy) is 2. The van der Waals surface area contributed by atoms with Gasteiger partial charge in [-0.25, -0.2) is 0 Å². The van der Waals surface area contributed by atoms with Gasteiger partial charge < -0.3 is 9.47 Å². The first-order chi connectivity index (χ1) is 6.77. The lowest BCUT2D eigenvalue weighted by Gasteiger charge is -2.03. The van der Waals surface area contributed by atoms with Gasteiger partial charge in [-0.1, -0.05) is 12.8 Å². The third kappa shape index (κ3) is 11.7. The summed E-state index contributed by atoms with van der Waals surface area (Å²) >= 11 is 5.53. The standard InChI is InChI=1S/C10H19ClO3/c1-10(12)14-9-8-13-7-5-3-2-4-6-11/h2-9H2,1H3. The summed E-state index contributed by atoms with van der Waals surface area (Å²) in [7, 11) is 0. The number of hydrogen-bond acceptors (Lipinski definition) is 3. The SMILES string of the molecule is CC(=O)OCCOCCCCCCCl. The Hall–Kier alpha value is -0.280. The molecule has 14 heavy (non-hydrogen) atoms. The van der Waals surface area contributed by atoms with Crippen molar-refractivity contribution in [1.29, 1.82) is 0 Å². The fourth-order valence-corrected chi connectivity index (χ4v) is 1.19. The highest BCUT2D eigenvalue weighted by molar-refractivity contribution is 6.17. The van der Waals surface area contributed by atoms with Crippen LogP contribution in [-0.4, -0.2) is 31.7 Å². The van der Waals surface area contributed by atoms with Crippen LogP contribution in [0.1, 0.15) is 32.6 Å². The number of esters is 1. The molecule has 0 aromatic rings. The zero-order valence-electron chi connectivity index (χ0n) is 8.76. The first-order valence-corrected chi connectivity index (χ1v) is 5.58. The number of carbonyl (C=O) groups excluding carboxylic acids is 1. The lowest BCUT2D eigenvalue weighted by molar-refractivity contribution is -0.142. The van der Waals surface area contributed by atoms with E-state index < -0.39 is 0 Å². The molecule has 0 N–H and O–H groups in total. The third-order valence-corrected chi connectivity index (χ3v) is 1.97. The molecule has 0 amide bonds. The molecule has 84 valence electrons. The predicted octanol–water partition coefficient (Wildman–Crippen LogP) is 2.37. The van der Waals surface area contributed by atoms with Crippen molar-refractivity contribution in [1.82, 2.24) is 0 Å². The topological polar surface area (TPSA) is 35.5 Å². The smallest absolute Gasteiger partial charge is 0.302 e. The summed E-state index contributed by atoms with van der Waals surface area (Å²) in [6.45, 7) is 2.99. The molecule has 0 saturated carbocycles. The lowest BCUT2D eigenvalue weighted by Crippen LogP contribution is -2.08. The van der Waals surface area contributed by atoms with E-state index in [9.17, 15) is 4.79 Å². The molecule has 0 atom stereocenters. The van der Waals surface area contributed by atoms with Gasteiger partial charge in [0.05, 0.1) is 6.61 Å². The van der Waals surface area contributed by atoms with Gasteiger partial charge in [-0.15, -0.1) is 11.6 Å². The highest BCUT2D eigenvalue weighted by atomic mass is 35.5. The molecule has 0 bridgehead atoms. The van der Waals surface area contributed by atoms with Gasteiger partial charge in [0, 0.05) is 19.4 Å². The van der Waals surface area contributed by atoms with Crippen LogP contribution in [0.3, 0.4) is 0 Å². The summed E-state index contributed by atoms with van der Waals surface area (Å²) < 4.78 is 9.96. The minimum absolute atomic E-state index is 0.254. The summed E-state index contributed by atoms with van der Waals surface area (Å²) in [5.74, 6) is 0.489. The monoisotopic (exact) mass is 222 g/mol. The summed E-state index contributed by atoms with van der Waals surface area (Å²) in [5.41, 5.74) is 0. The Morgan fingerprint density at radius 1 is 1.07 bits per heavy atom. The van der Waals surface area contributed by atoms with Crippen LogP contribution in [0.4, 0.5) is 0 Å². The third-order valence-electron chi connectivity index (χ3n) is 1.71. The molecule has 0 aromatic carbocycles. The van der Waals surface area contributed by atoms with E-state index in [4.69, 9.17) is 21.1 Å². The number of halogens is 1. The van der Waals surface area contributed by atoms with E-state index in [1.165, 1.54) is 6.92 Å². The van der Waals surface area contributed by atoms with Crippen molar-refractivity contribution in [3.05, 3.63) is 0 Å². The molecule has 0 aliphatic carbocycles. The Morgan fingerprint density at radius 2 is 1.79 bits per heavy atom. The highest BCUT2D eigenvalue weighted by Crippen LogP contribution is 2.00. The van der Waals surface area contributed by atoms with E-state index >= 15 is 0 Å². The minimum atomic E-state index is -0.254. The van der Waals surface area contributed by atoms with Crippen molar-refractivity contribution in [2.75, 3.05) is 25.7 Å². The summed E-state index contributed by atoms with van der Waals surface area (Å²) in [5, 5.41) is 0. The largest absolute Gasteiger partial charge is 0.463 e. The van der Waals surface area contributed by atoms with Crippen LogP contribution in [0, 0.1) is 0 Å². The molecule has 0 fully saturated rings. The lowest BCUT2D eigenvalue weighted by atomic mass is 10.2. The van der Waals surface area contributed by atoms with Crippen LogP contribution < -0.4 is 0 Å². The normalized spacial score (nSPS) is 10.1. The van der Waals surface area contributed by atoms with Gasteiger partial charge in [0.15, 0.2) is 0 Å². The second kappa shape index (κ2) is 10.8. The summed E-state index contributed by atoms with van der Waals surface area (Å²) in [6.07, 6.45) is 4.45. The summed E-state index contributed by atoms with van der Waals surface area (Å²) in [4.78, 5) is 10.4. The van der Waals surface area contributed by atoms with Gasteiger partial charge in [0.1, 0.15) is 6.61 Å². The van der Waals surface area contributed by atoms with Crippen LogP contribution in [0.2, 0.25) is 0 Å². The van der Waals surface area contributed by atoms with Crippen LogP contribution in [0.5, 0.6) is 0 Å². The number of unbranched alkanes of at least 4 members (excludes halogenated alkanes) is 3. The van der Waals surface area contributed by atoms with Crippen molar-refractivity contribution < 1.29 is 14.3 Å². The van der Waals surface area contributed by atoms with Gasteiger partial charge in [-0.05, 0) is 12.8 Å². The fraction of sp³-hybridized carbons (Fsp3) is 0.900. The Bertz CT molecular complexity index is 139. The Morgan fingerprint density at radius 3 is 2.43 bits per heavy atom. The van der Waals surface area contributed by atoms with Crippen molar-refractivity contribution in [2.24, 2.45) is 0 Å². The highest BCUT2D eigenvalue weighted by Gasteiger charge is 1.93. The Kier molecular flexibility index (Phi) is 10.6. The molecular weight excluding hydrogens is 204 g/mol. The maximum absolute atomic E-state index is 10.4. The predicted molar refractivity (Wildman–Crippen MR) is 56.6 cm³/mol. The molecule has 3 nitrogen and oxygen atoms in total. The average molecular weight is 223 g/mol. The molecule has 0 aliphatic heterocycles. The van der Waals surface area contributed by atoms with Gasteiger partial charge >= 0.3 is 5.97 Å². The molecular formula is C10H19ClO3. The second-order valence-electron chi connectivity index (χ2n) is 3.06. The number of hydrogen-bond donors (Lipinski definition) is 0. The van der Waals surface area contributed by atoms with Gasteiger partial charge in [-0.3, -0.25) is 4.79 Å². The molecule has 0 aromatic heterocycles. The molecule has 4 heteroatoms. The Labute approximate surface area is 90.7 Å². The van der Waals surface area contributed by atoms with Crippen LogP contribution in [-0.2, 0) is 14.3 Å². The zero-order chi connectivity index (χ0) is 10.6. The number of rotatable bonds is 9. The van der Waals surface area contributed by atoms with E-state index in [2.05, 4.69) is 0 Å². The maximum atomic E-state index is 10.4. The minimum Gasteiger partial charge on any atom is -0.463 e. The van der Waals surface area contributed by atoms with Crippen molar-refractivity contribution in [3.63, 3.8) is 0 Å². The quantitative estimate of drug-likeness (QED) is 0.341. The molecule has 0 heterocycles. The average Bonchev–Trinajstić information content (AvgIpc) is 2.15. The molecule has 0 rings (SSSR count). The van der Waals surface area contributed by atoms with Gasteiger partial charge in [0.25, 0.3) is 0 Å². The first kappa shape index (κ1) is 13.7. The van der Waals surface area contributed by atoms with Crippen LogP contribution in [0.15, 0.2) is 0 Å². The van der Waals surface area contributed by atoms with Gasteiger partial charge in [0.2, 0.25) is 0 Å². The molecule has 0 aliphatic rings. The maximum Gasteiger partial charge on any atom is 0.302 e. The molecule has 0 saturated heterocycles. The van der Waals surface area contributed by atoms with Crippen LogP contribution >= 0.6 is 11.6 Å². The fourth-order valence-electron chi connectivity index (χ4n) is 0.999. The Balaban J connectivity index is 2.88. The van der Waals surface area contributed by atoms with Gasteiger partial charge in [-0.2, -0.15) is 0 Å².